The number of hydrogen-bond donors (Lipinski definition) is 0. The molecule has 0 saturated heterocycles. The molecule has 1 aromatic heterocycles. The predicted octanol–water partition coefficient (Wildman–Crippen LogP) is 6.66. The molecule has 0 aliphatic heterocycles. The Hall–Kier alpha value is -2.41. The molecule has 0 amide bonds. The van der Waals surface area contributed by atoms with E-state index in [9.17, 15) is 0 Å². The molecule has 3 aromatic rings. The van der Waals surface area contributed by atoms with Crippen molar-refractivity contribution < 1.29 is 2.74 Å². The molecule has 1 nitrogen and oxygen atoms in total. The fourth-order valence-electron chi connectivity index (χ4n) is 3.19. The minimum Gasteiger partial charge on any atom is -0.256 e. The maximum atomic E-state index is 8.57. The Morgan fingerprint density at radius 1 is 0.808 bits per heavy atom. The van der Waals surface area contributed by atoms with E-state index in [-0.39, 0.29) is 5.41 Å². The first-order chi connectivity index (χ1) is 13.0. The molecule has 0 fully saturated rings. The average molecular weight is 346 g/mol. The van der Waals surface area contributed by atoms with Gasteiger partial charge in [-0.25, -0.2) is 0 Å². The van der Waals surface area contributed by atoms with E-state index >= 15 is 0 Å². The quantitative estimate of drug-likeness (QED) is 0.515. The summed E-state index contributed by atoms with van der Waals surface area (Å²) in [6.45, 7) is 10.2. The van der Waals surface area contributed by atoms with Crippen LogP contribution in [0.15, 0.2) is 72.9 Å². The van der Waals surface area contributed by atoms with E-state index in [1.807, 2.05) is 39.0 Å². The van der Waals surface area contributed by atoms with Gasteiger partial charge in [0.05, 0.1) is 5.69 Å². The van der Waals surface area contributed by atoms with Crippen molar-refractivity contribution in [3.05, 3.63) is 89.6 Å². The van der Waals surface area contributed by atoms with Gasteiger partial charge < -0.3 is 0 Å². The number of rotatable bonds is 4. The van der Waals surface area contributed by atoms with Gasteiger partial charge in [0, 0.05) is 19.9 Å². The Bertz CT molecular complexity index is 954. The topological polar surface area (TPSA) is 12.9 Å². The van der Waals surface area contributed by atoms with Crippen molar-refractivity contribution >= 4 is 0 Å². The fourth-order valence-corrected chi connectivity index (χ4v) is 3.19. The van der Waals surface area contributed by atoms with E-state index in [1.165, 1.54) is 11.1 Å². The Labute approximate surface area is 160 Å². The molecule has 3 rings (SSSR count). The molecule has 0 spiro atoms. The van der Waals surface area contributed by atoms with Crippen molar-refractivity contribution in [2.75, 3.05) is 0 Å². The summed E-state index contributed by atoms with van der Waals surface area (Å²) in [4.78, 5) is 4.53. The lowest BCUT2D eigenvalue weighted by molar-refractivity contribution is 0.411. The summed E-state index contributed by atoms with van der Waals surface area (Å²) in [6, 6.07) is 22.6. The SMILES string of the molecule is [2H]C([2H])(c1ccnc(-c2cccc(C(C)(C)c3ccccc3)c2)c1)C(C)(C)C. The molecule has 0 N–H and O–H groups in total. The van der Waals surface area contributed by atoms with Crippen molar-refractivity contribution in [3.8, 4) is 11.3 Å². The van der Waals surface area contributed by atoms with E-state index < -0.39 is 11.8 Å². The lowest BCUT2D eigenvalue weighted by atomic mass is 9.77. The van der Waals surface area contributed by atoms with Gasteiger partial charge in [-0.1, -0.05) is 83.1 Å². The van der Waals surface area contributed by atoms with Crippen molar-refractivity contribution in [1.82, 2.24) is 4.98 Å². The summed E-state index contributed by atoms with van der Waals surface area (Å²) in [5, 5.41) is 0. The smallest absolute Gasteiger partial charge is 0.0704 e. The molecule has 26 heavy (non-hydrogen) atoms. The van der Waals surface area contributed by atoms with Crippen molar-refractivity contribution in [3.63, 3.8) is 0 Å². The van der Waals surface area contributed by atoms with Crippen LogP contribution in [0.25, 0.3) is 11.3 Å². The average Bonchev–Trinajstić information content (AvgIpc) is 2.68. The van der Waals surface area contributed by atoms with Gasteiger partial charge in [0.25, 0.3) is 0 Å². The van der Waals surface area contributed by atoms with Gasteiger partial charge in [-0.2, -0.15) is 0 Å². The van der Waals surface area contributed by atoms with Gasteiger partial charge in [0.2, 0.25) is 0 Å². The van der Waals surface area contributed by atoms with Gasteiger partial charge in [0.1, 0.15) is 0 Å². The Morgan fingerprint density at radius 2 is 1.50 bits per heavy atom. The van der Waals surface area contributed by atoms with Gasteiger partial charge in [0.15, 0.2) is 0 Å². The highest BCUT2D eigenvalue weighted by atomic mass is 14.7. The number of hydrogen-bond acceptors (Lipinski definition) is 1. The molecule has 1 heterocycles. The summed E-state index contributed by atoms with van der Waals surface area (Å²) in [7, 11) is 0. The highest BCUT2D eigenvalue weighted by molar-refractivity contribution is 5.62. The molecule has 0 saturated carbocycles. The highest BCUT2D eigenvalue weighted by Gasteiger charge is 2.23. The van der Waals surface area contributed by atoms with Crippen LogP contribution >= 0.6 is 0 Å². The minimum atomic E-state index is -1.44. The van der Waals surface area contributed by atoms with Crippen LogP contribution in [-0.2, 0) is 11.8 Å². The molecule has 1 heteroatoms. The Balaban J connectivity index is 2.03. The lowest BCUT2D eigenvalue weighted by Gasteiger charge is -2.26. The number of aromatic nitrogens is 1. The molecular weight excluding hydrogens is 314 g/mol. The minimum absolute atomic E-state index is 0.130. The zero-order valence-electron chi connectivity index (χ0n) is 18.4. The van der Waals surface area contributed by atoms with Crippen LogP contribution in [0.3, 0.4) is 0 Å². The van der Waals surface area contributed by atoms with Crippen LogP contribution in [0.4, 0.5) is 0 Å². The van der Waals surface area contributed by atoms with Crippen molar-refractivity contribution in [2.24, 2.45) is 5.41 Å². The molecule has 134 valence electrons. The number of nitrogens with zero attached hydrogens (tertiary/aromatic N) is 1. The Morgan fingerprint density at radius 3 is 2.19 bits per heavy atom. The summed E-state index contributed by atoms with van der Waals surface area (Å²) in [5.74, 6) is 0. The summed E-state index contributed by atoms with van der Waals surface area (Å²) >= 11 is 0. The summed E-state index contributed by atoms with van der Waals surface area (Å²) < 4.78 is 17.1. The maximum Gasteiger partial charge on any atom is 0.0704 e. The van der Waals surface area contributed by atoms with E-state index in [1.54, 1.807) is 12.3 Å². The first-order valence-electron chi connectivity index (χ1n) is 10.2. The van der Waals surface area contributed by atoms with Crippen LogP contribution in [0.1, 0.15) is 54.1 Å². The second kappa shape index (κ2) is 7.07. The number of pyridine rings is 1. The molecular formula is C25H29N. The van der Waals surface area contributed by atoms with E-state index in [2.05, 4.69) is 61.3 Å². The molecule has 0 radical (unpaired) electrons. The second-order valence-electron chi connectivity index (χ2n) is 8.38. The van der Waals surface area contributed by atoms with Crippen LogP contribution < -0.4 is 0 Å². The standard InChI is InChI=1S/C25H29N/c1-24(2,3)18-19-14-15-26-23(16-19)20-10-9-13-22(17-20)25(4,5)21-11-7-6-8-12-21/h6-17H,18H2,1-5H3/i18D2. The lowest BCUT2D eigenvalue weighted by Crippen LogP contribution is -2.18. The second-order valence-corrected chi connectivity index (χ2v) is 8.38. The van der Waals surface area contributed by atoms with Crippen LogP contribution in [0.5, 0.6) is 0 Å². The van der Waals surface area contributed by atoms with Crippen LogP contribution in [0.2, 0.25) is 0 Å². The Kier molecular flexibility index (Phi) is 4.30. The van der Waals surface area contributed by atoms with E-state index in [0.717, 1.165) is 11.3 Å². The monoisotopic (exact) mass is 345 g/mol. The summed E-state index contributed by atoms with van der Waals surface area (Å²) in [6.07, 6.45) is 0.273. The third kappa shape index (κ3) is 4.22. The first kappa shape index (κ1) is 15.8. The van der Waals surface area contributed by atoms with Crippen LogP contribution in [-0.4, -0.2) is 4.98 Å². The maximum absolute atomic E-state index is 8.57. The van der Waals surface area contributed by atoms with Crippen LogP contribution in [0, 0.1) is 5.41 Å². The molecule has 2 aromatic carbocycles. The normalized spacial score (nSPS) is 13.9. The van der Waals surface area contributed by atoms with E-state index in [0.29, 0.717) is 5.56 Å². The first-order valence-corrected chi connectivity index (χ1v) is 9.16. The third-order valence-electron chi connectivity index (χ3n) is 4.65. The zero-order chi connectivity index (χ0) is 20.6. The molecule has 0 aliphatic carbocycles. The van der Waals surface area contributed by atoms with E-state index in [4.69, 9.17) is 2.74 Å². The van der Waals surface area contributed by atoms with Crippen molar-refractivity contribution in [2.45, 2.75) is 46.4 Å². The molecule has 0 bridgehead atoms. The van der Waals surface area contributed by atoms with Gasteiger partial charge in [-0.3, -0.25) is 4.98 Å². The van der Waals surface area contributed by atoms with Gasteiger partial charge in [-0.15, -0.1) is 0 Å². The zero-order valence-corrected chi connectivity index (χ0v) is 16.4. The van der Waals surface area contributed by atoms with Gasteiger partial charge in [-0.05, 0) is 46.7 Å². The number of benzene rings is 2. The third-order valence-corrected chi connectivity index (χ3v) is 4.65. The predicted molar refractivity (Wildman–Crippen MR) is 111 cm³/mol. The molecule has 0 unspecified atom stereocenters. The highest BCUT2D eigenvalue weighted by Crippen LogP contribution is 2.33. The fraction of sp³-hybridized carbons (Fsp3) is 0.320. The largest absolute Gasteiger partial charge is 0.256 e. The molecule has 0 aliphatic rings. The van der Waals surface area contributed by atoms with Crippen molar-refractivity contribution in [1.29, 1.82) is 0 Å². The summed E-state index contributed by atoms with van der Waals surface area (Å²) in [5.41, 5.74) is 4.32. The van der Waals surface area contributed by atoms with Gasteiger partial charge >= 0.3 is 0 Å². The molecule has 0 atom stereocenters.